The first-order valence-corrected chi connectivity index (χ1v) is 13.1. The maximum absolute atomic E-state index is 13.8. The molecule has 4 aliphatic rings. The van der Waals surface area contributed by atoms with E-state index < -0.39 is 5.97 Å². The molecule has 4 aliphatic carbocycles. The molecule has 4 saturated carbocycles. The molecule has 1 unspecified atom stereocenters. The number of carbonyl (C=O) groups excluding carboxylic acids is 1. The Kier molecular flexibility index (Phi) is 6.57. The van der Waals surface area contributed by atoms with E-state index in [9.17, 15) is 19.8 Å². The zero-order valence-electron chi connectivity index (χ0n) is 20.4. The van der Waals surface area contributed by atoms with Gasteiger partial charge in [0.15, 0.2) is 0 Å². The predicted octanol–water partition coefficient (Wildman–Crippen LogP) is 4.68. The minimum absolute atomic E-state index is 0.0524. The summed E-state index contributed by atoms with van der Waals surface area (Å²) >= 11 is 0. The van der Waals surface area contributed by atoms with Crippen LogP contribution in [0.4, 0.5) is 0 Å². The summed E-state index contributed by atoms with van der Waals surface area (Å²) in [7, 11) is 0. The first-order valence-electron chi connectivity index (χ1n) is 13.1. The number of hydrogen-bond acceptors (Lipinski definition) is 4. The predicted molar refractivity (Wildman–Crippen MR) is 123 cm³/mol. The van der Waals surface area contributed by atoms with Crippen LogP contribution < -0.4 is 0 Å². The van der Waals surface area contributed by atoms with Gasteiger partial charge in [-0.1, -0.05) is 40.5 Å². The lowest BCUT2D eigenvalue weighted by molar-refractivity contribution is -0.181. The van der Waals surface area contributed by atoms with Crippen molar-refractivity contribution in [3.8, 4) is 0 Å². The molecule has 0 heterocycles. The zero-order chi connectivity index (χ0) is 23.4. The molecule has 5 heteroatoms. The molecule has 5 nitrogen and oxygen atoms in total. The molecule has 0 aromatic carbocycles. The normalized spacial score (nSPS) is 47.8. The molecule has 4 rings (SSSR count). The van der Waals surface area contributed by atoms with Crippen LogP contribution >= 0.6 is 0 Å². The molecule has 0 aromatic rings. The van der Waals surface area contributed by atoms with E-state index in [0.29, 0.717) is 36.4 Å². The quantitative estimate of drug-likeness (QED) is 0.548. The molecule has 0 radical (unpaired) electrons. The molecule has 0 spiro atoms. The van der Waals surface area contributed by atoms with Crippen molar-refractivity contribution in [3.05, 3.63) is 0 Å². The summed E-state index contributed by atoms with van der Waals surface area (Å²) in [6, 6.07) is 0. The Hall–Kier alpha value is -0.940. The number of carboxylic acids is 1. The molecule has 4 fully saturated rings. The SMILES string of the molecule is CC(CCC[C@@H](C)[C@H]1CC[C@H]2[C@@H]3[C@H](O)C[C@H]4C[C@H](O)CC[C@]4(C)[C@H]3CC(=O)[C@]12C)C(=O)O. The third kappa shape index (κ3) is 3.76. The highest BCUT2D eigenvalue weighted by molar-refractivity contribution is 5.87. The Bertz CT molecular complexity index is 736. The van der Waals surface area contributed by atoms with E-state index in [2.05, 4.69) is 20.8 Å². The molecular formula is C27H44O5. The van der Waals surface area contributed by atoms with Crippen LogP contribution in [0.2, 0.25) is 0 Å². The van der Waals surface area contributed by atoms with Gasteiger partial charge in [-0.25, -0.2) is 0 Å². The summed E-state index contributed by atoms with van der Waals surface area (Å²) in [6.45, 7) is 8.55. The summed E-state index contributed by atoms with van der Waals surface area (Å²) in [5.41, 5.74) is -0.311. The second-order valence-electron chi connectivity index (χ2n) is 12.5. The van der Waals surface area contributed by atoms with Gasteiger partial charge in [0.2, 0.25) is 0 Å². The van der Waals surface area contributed by atoms with Crippen LogP contribution in [-0.4, -0.2) is 39.3 Å². The van der Waals surface area contributed by atoms with Crippen LogP contribution in [0.1, 0.15) is 91.9 Å². The second kappa shape index (κ2) is 8.69. The van der Waals surface area contributed by atoms with Crippen LogP contribution in [-0.2, 0) is 9.59 Å². The van der Waals surface area contributed by atoms with Crippen molar-refractivity contribution >= 4 is 11.8 Å². The Morgan fingerprint density at radius 1 is 1.06 bits per heavy atom. The van der Waals surface area contributed by atoms with Crippen molar-refractivity contribution in [2.45, 2.75) is 104 Å². The van der Waals surface area contributed by atoms with E-state index in [1.54, 1.807) is 6.92 Å². The van der Waals surface area contributed by atoms with E-state index >= 15 is 0 Å². The molecular weight excluding hydrogens is 404 g/mol. The van der Waals surface area contributed by atoms with Crippen molar-refractivity contribution < 1.29 is 24.9 Å². The van der Waals surface area contributed by atoms with Gasteiger partial charge in [-0.15, -0.1) is 0 Å². The van der Waals surface area contributed by atoms with Gasteiger partial charge < -0.3 is 15.3 Å². The molecule has 0 saturated heterocycles. The Balaban J connectivity index is 1.51. The van der Waals surface area contributed by atoms with Crippen molar-refractivity contribution in [1.82, 2.24) is 0 Å². The van der Waals surface area contributed by atoms with Crippen LogP contribution in [0.3, 0.4) is 0 Å². The smallest absolute Gasteiger partial charge is 0.306 e. The van der Waals surface area contributed by atoms with Crippen molar-refractivity contribution in [2.75, 3.05) is 0 Å². The fraction of sp³-hybridized carbons (Fsp3) is 0.926. The summed E-state index contributed by atoms with van der Waals surface area (Å²) in [5.74, 6) is 1.06. The molecule has 0 bridgehead atoms. The van der Waals surface area contributed by atoms with Gasteiger partial charge in [0.05, 0.1) is 18.1 Å². The Labute approximate surface area is 193 Å². The first kappa shape index (κ1) is 24.2. The topological polar surface area (TPSA) is 94.8 Å². The largest absolute Gasteiger partial charge is 0.481 e. The first-order chi connectivity index (χ1) is 15.0. The van der Waals surface area contributed by atoms with Crippen molar-refractivity contribution in [2.24, 2.45) is 52.3 Å². The lowest BCUT2D eigenvalue weighted by Gasteiger charge is -2.61. The van der Waals surface area contributed by atoms with Crippen LogP contribution in [0, 0.1) is 52.3 Å². The van der Waals surface area contributed by atoms with E-state index in [-0.39, 0.29) is 46.7 Å². The summed E-state index contributed by atoms with van der Waals surface area (Å²) in [4.78, 5) is 25.0. The number of rotatable bonds is 6. The van der Waals surface area contributed by atoms with Crippen LogP contribution in [0.15, 0.2) is 0 Å². The maximum atomic E-state index is 13.8. The highest BCUT2D eigenvalue weighted by Gasteiger charge is 2.65. The van der Waals surface area contributed by atoms with Crippen LogP contribution in [0.25, 0.3) is 0 Å². The number of hydrogen-bond donors (Lipinski definition) is 3. The molecule has 32 heavy (non-hydrogen) atoms. The molecule has 0 aliphatic heterocycles. The van der Waals surface area contributed by atoms with E-state index in [1.807, 2.05) is 0 Å². The summed E-state index contributed by atoms with van der Waals surface area (Å²) in [5, 5.41) is 30.7. The van der Waals surface area contributed by atoms with Gasteiger partial charge in [-0.3, -0.25) is 9.59 Å². The lowest BCUT2D eigenvalue weighted by atomic mass is 9.43. The average Bonchev–Trinajstić information content (AvgIpc) is 3.08. The summed E-state index contributed by atoms with van der Waals surface area (Å²) in [6.07, 6.45) is 7.86. The number of aliphatic hydroxyl groups excluding tert-OH is 2. The van der Waals surface area contributed by atoms with Gasteiger partial charge in [-0.05, 0) is 85.9 Å². The highest BCUT2D eigenvalue weighted by Crippen LogP contribution is 2.67. The Morgan fingerprint density at radius 3 is 2.47 bits per heavy atom. The third-order valence-electron chi connectivity index (χ3n) is 11.0. The fourth-order valence-corrected chi connectivity index (χ4v) is 8.93. The standard InChI is InChI=1S/C27H44O5/c1-15(6-5-7-16(2)25(31)32)19-8-9-20-24-21(14-23(30)27(19,20)4)26(3)11-10-18(28)12-17(26)13-22(24)29/h15-22,24,28-29H,5-14H2,1-4H3,(H,31,32)/t15-,16?,17-,18-,19-,20+,21+,22-,24+,26+,27-/m1/s1. The summed E-state index contributed by atoms with van der Waals surface area (Å²) < 4.78 is 0. The van der Waals surface area contributed by atoms with Crippen molar-refractivity contribution in [3.63, 3.8) is 0 Å². The van der Waals surface area contributed by atoms with Gasteiger partial charge >= 0.3 is 5.97 Å². The number of carbonyl (C=O) groups is 2. The van der Waals surface area contributed by atoms with E-state index in [0.717, 1.165) is 51.4 Å². The minimum Gasteiger partial charge on any atom is -0.481 e. The van der Waals surface area contributed by atoms with E-state index in [4.69, 9.17) is 5.11 Å². The monoisotopic (exact) mass is 448 g/mol. The molecule has 0 aromatic heterocycles. The number of fused-ring (bicyclic) bond motifs is 5. The van der Waals surface area contributed by atoms with Gasteiger partial charge in [0.25, 0.3) is 0 Å². The molecule has 0 amide bonds. The number of aliphatic carboxylic acids is 1. The highest BCUT2D eigenvalue weighted by atomic mass is 16.4. The molecule has 182 valence electrons. The number of Topliss-reactive ketones (excluding diaryl/α,β-unsaturated/α-hetero) is 1. The van der Waals surface area contributed by atoms with Gasteiger partial charge in [-0.2, -0.15) is 0 Å². The van der Waals surface area contributed by atoms with Crippen LogP contribution in [0.5, 0.6) is 0 Å². The maximum Gasteiger partial charge on any atom is 0.306 e. The molecule has 11 atom stereocenters. The minimum atomic E-state index is -0.729. The number of carboxylic acid groups (broad SMARTS) is 1. The van der Waals surface area contributed by atoms with E-state index in [1.165, 1.54) is 0 Å². The number of ketones is 1. The molecule has 3 N–H and O–H groups in total. The van der Waals surface area contributed by atoms with Crippen molar-refractivity contribution in [1.29, 1.82) is 0 Å². The Morgan fingerprint density at radius 2 is 1.78 bits per heavy atom. The van der Waals surface area contributed by atoms with Gasteiger partial charge in [0, 0.05) is 11.8 Å². The third-order valence-corrected chi connectivity index (χ3v) is 11.0. The average molecular weight is 449 g/mol. The fourth-order valence-electron chi connectivity index (χ4n) is 8.93. The number of aliphatic hydroxyl groups is 2. The lowest BCUT2D eigenvalue weighted by Crippen LogP contribution is -2.61. The van der Waals surface area contributed by atoms with Gasteiger partial charge in [0.1, 0.15) is 5.78 Å². The zero-order valence-corrected chi connectivity index (χ0v) is 20.4. The second-order valence-corrected chi connectivity index (χ2v) is 12.5.